The fourth-order valence-corrected chi connectivity index (χ4v) is 4.03. The van der Waals surface area contributed by atoms with Gasteiger partial charge in [0.2, 0.25) is 11.8 Å². The van der Waals surface area contributed by atoms with Gasteiger partial charge >= 0.3 is 0 Å². The van der Waals surface area contributed by atoms with E-state index in [1.807, 2.05) is 4.90 Å². The van der Waals surface area contributed by atoms with Crippen molar-refractivity contribution >= 4 is 11.8 Å². The summed E-state index contributed by atoms with van der Waals surface area (Å²) >= 11 is 0. The van der Waals surface area contributed by atoms with E-state index < -0.39 is 11.1 Å². The van der Waals surface area contributed by atoms with Gasteiger partial charge < -0.3 is 15.0 Å². The summed E-state index contributed by atoms with van der Waals surface area (Å²) in [6, 6.07) is 0. The third-order valence-corrected chi connectivity index (χ3v) is 5.27. The highest BCUT2D eigenvalue weighted by Crippen LogP contribution is 2.40. The first kappa shape index (κ1) is 14.8. The second-order valence-electron chi connectivity index (χ2n) is 7.20. The van der Waals surface area contributed by atoms with E-state index in [9.17, 15) is 9.59 Å². The Morgan fingerprint density at radius 1 is 1.24 bits per heavy atom. The van der Waals surface area contributed by atoms with Crippen LogP contribution in [0.25, 0.3) is 0 Å². The van der Waals surface area contributed by atoms with E-state index in [0.29, 0.717) is 6.54 Å². The number of amides is 2. The Morgan fingerprint density at radius 2 is 1.95 bits per heavy atom. The SMILES string of the molecule is CC1(C)NC(=O)C2(CCCC2)N(CCC2CCCO2)C1=O. The lowest BCUT2D eigenvalue weighted by molar-refractivity contribution is -0.162. The number of piperazine rings is 1. The first-order valence-electron chi connectivity index (χ1n) is 8.22. The van der Waals surface area contributed by atoms with Crippen molar-refractivity contribution in [3.8, 4) is 0 Å². The quantitative estimate of drug-likeness (QED) is 0.860. The van der Waals surface area contributed by atoms with Gasteiger partial charge in [0, 0.05) is 13.2 Å². The van der Waals surface area contributed by atoms with Crippen LogP contribution in [-0.2, 0) is 14.3 Å². The molecule has 1 aliphatic carbocycles. The number of hydrogen-bond donors (Lipinski definition) is 1. The van der Waals surface area contributed by atoms with Crippen molar-refractivity contribution in [2.24, 2.45) is 0 Å². The minimum atomic E-state index is -0.790. The minimum Gasteiger partial charge on any atom is -0.378 e. The molecule has 21 heavy (non-hydrogen) atoms. The van der Waals surface area contributed by atoms with Crippen LogP contribution < -0.4 is 5.32 Å². The predicted molar refractivity (Wildman–Crippen MR) is 78.7 cm³/mol. The second-order valence-corrected chi connectivity index (χ2v) is 7.20. The molecular formula is C16H26N2O3. The molecule has 2 saturated heterocycles. The Labute approximate surface area is 126 Å². The number of carbonyl (C=O) groups is 2. The Hall–Kier alpha value is -1.10. The van der Waals surface area contributed by atoms with Gasteiger partial charge in [-0.05, 0) is 46.0 Å². The molecule has 0 aromatic carbocycles. The van der Waals surface area contributed by atoms with Gasteiger partial charge in [0.1, 0.15) is 11.1 Å². The number of ether oxygens (including phenoxy) is 1. The van der Waals surface area contributed by atoms with Crippen molar-refractivity contribution < 1.29 is 14.3 Å². The molecule has 1 spiro atoms. The van der Waals surface area contributed by atoms with Crippen molar-refractivity contribution in [3.63, 3.8) is 0 Å². The average molecular weight is 294 g/mol. The maximum atomic E-state index is 12.8. The number of rotatable bonds is 3. The van der Waals surface area contributed by atoms with Crippen molar-refractivity contribution in [1.82, 2.24) is 10.2 Å². The summed E-state index contributed by atoms with van der Waals surface area (Å²) in [6.45, 7) is 5.07. The van der Waals surface area contributed by atoms with Crippen LogP contribution in [0.3, 0.4) is 0 Å². The fourth-order valence-electron chi connectivity index (χ4n) is 4.03. The van der Waals surface area contributed by atoms with Gasteiger partial charge in [0.25, 0.3) is 0 Å². The minimum absolute atomic E-state index is 0.0388. The summed E-state index contributed by atoms with van der Waals surface area (Å²) < 4.78 is 5.67. The third kappa shape index (κ3) is 2.45. The molecule has 0 aromatic heterocycles. The monoisotopic (exact) mass is 294 g/mol. The van der Waals surface area contributed by atoms with Gasteiger partial charge in [0.15, 0.2) is 0 Å². The summed E-state index contributed by atoms with van der Waals surface area (Å²) in [4.78, 5) is 27.4. The highest BCUT2D eigenvalue weighted by molar-refractivity contribution is 6.02. The van der Waals surface area contributed by atoms with E-state index in [0.717, 1.165) is 51.6 Å². The molecule has 3 rings (SSSR count). The van der Waals surface area contributed by atoms with E-state index in [1.165, 1.54) is 0 Å². The Morgan fingerprint density at radius 3 is 2.57 bits per heavy atom. The van der Waals surface area contributed by atoms with E-state index in [1.54, 1.807) is 13.8 Å². The second kappa shape index (κ2) is 5.27. The molecule has 0 bridgehead atoms. The number of nitrogens with zero attached hydrogens (tertiary/aromatic N) is 1. The smallest absolute Gasteiger partial charge is 0.248 e. The Balaban J connectivity index is 1.79. The molecule has 2 amide bonds. The largest absolute Gasteiger partial charge is 0.378 e. The van der Waals surface area contributed by atoms with Crippen molar-refractivity contribution in [1.29, 1.82) is 0 Å². The molecule has 1 saturated carbocycles. The standard InChI is InChI=1S/C16H26N2O3/c1-15(2)14(20)18(10-7-12-6-5-11-21-12)16(13(19)17-15)8-3-4-9-16/h12H,3-11H2,1-2H3,(H,17,19). The number of nitrogens with one attached hydrogen (secondary N) is 1. The molecule has 0 radical (unpaired) electrons. The molecule has 118 valence electrons. The van der Waals surface area contributed by atoms with E-state index in [4.69, 9.17) is 4.74 Å². The van der Waals surface area contributed by atoms with Crippen LogP contribution in [0.5, 0.6) is 0 Å². The van der Waals surface area contributed by atoms with Gasteiger partial charge in [-0.15, -0.1) is 0 Å². The van der Waals surface area contributed by atoms with E-state index >= 15 is 0 Å². The van der Waals surface area contributed by atoms with Crippen LogP contribution >= 0.6 is 0 Å². The summed E-state index contributed by atoms with van der Waals surface area (Å²) in [5.41, 5.74) is -1.38. The summed E-state index contributed by atoms with van der Waals surface area (Å²) in [5.74, 6) is 0.0962. The first-order chi connectivity index (χ1) is 9.96. The molecular weight excluding hydrogens is 268 g/mol. The number of carbonyl (C=O) groups excluding carboxylic acids is 2. The molecule has 3 fully saturated rings. The zero-order valence-electron chi connectivity index (χ0n) is 13.1. The zero-order valence-corrected chi connectivity index (χ0v) is 13.1. The normalized spacial score (nSPS) is 31.0. The van der Waals surface area contributed by atoms with E-state index in [2.05, 4.69) is 5.32 Å². The summed E-state index contributed by atoms with van der Waals surface area (Å²) in [6.07, 6.45) is 6.93. The molecule has 3 aliphatic rings. The topological polar surface area (TPSA) is 58.6 Å². The molecule has 2 aliphatic heterocycles. The van der Waals surface area contributed by atoms with Gasteiger partial charge in [-0.3, -0.25) is 9.59 Å². The first-order valence-corrected chi connectivity index (χ1v) is 8.22. The molecule has 5 nitrogen and oxygen atoms in total. The van der Waals surface area contributed by atoms with Crippen LogP contribution in [0.2, 0.25) is 0 Å². The average Bonchev–Trinajstić information content (AvgIpc) is 3.08. The lowest BCUT2D eigenvalue weighted by Gasteiger charge is -2.49. The highest BCUT2D eigenvalue weighted by atomic mass is 16.5. The van der Waals surface area contributed by atoms with E-state index in [-0.39, 0.29) is 17.9 Å². The Kier molecular flexibility index (Phi) is 3.72. The molecule has 1 atom stereocenters. The maximum Gasteiger partial charge on any atom is 0.248 e. The molecule has 5 heteroatoms. The van der Waals surface area contributed by atoms with Crippen molar-refractivity contribution in [3.05, 3.63) is 0 Å². The predicted octanol–water partition coefficient (Wildman–Crippen LogP) is 1.61. The van der Waals surface area contributed by atoms with Crippen LogP contribution in [-0.4, -0.2) is 47.0 Å². The lowest BCUT2D eigenvalue weighted by Crippen LogP contribution is -2.73. The third-order valence-electron chi connectivity index (χ3n) is 5.27. The van der Waals surface area contributed by atoms with Crippen LogP contribution in [0.15, 0.2) is 0 Å². The highest BCUT2D eigenvalue weighted by Gasteiger charge is 2.56. The fraction of sp³-hybridized carbons (Fsp3) is 0.875. The Bertz CT molecular complexity index is 435. The lowest BCUT2D eigenvalue weighted by atomic mass is 9.85. The summed E-state index contributed by atoms with van der Waals surface area (Å²) in [5, 5.41) is 2.93. The van der Waals surface area contributed by atoms with Gasteiger partial charge in [-0.2, -0.15) is 0 Å². The molecule has 2 heterocycles. The molecule has 1 N–H and O–H groups in total. The van der Waals surface area contributed by atoms with Crippen molar-refractivity contribution in [2.45, 2.75) is 76.0 Å². The molecule has 1 unspecified atom stereocenters. The maximum absolute atomic E-state index is 12.8. The van der Waals surface area contributed by atoms with Crippen LogP contribution in [0.1, 0.15) is 58.8 Å². The van der Waals surface area contributed by atoms with Gasteiger partial charge in [-0.1, -0.05) is 12.8 Å². The number of hydrogen-bond acceptors (Lipinski definition) is 3. The van der Waals surface area contributed by atoms with Crippen LogP contribution in [0, 0.1) is 0 Å². The molecule has 0 aromatic rings. The van der Waals surface area contributed by atoms with Crippen molar-refractivity contribution in [2.75, 3.05) is 13.2 Å². The zero-order chi connectivity index (χ0) is 15.1. The van der Waals surface area contributed by atoms with Gasteiger partial charge in [-0.25, -0.2) is 0 Å². The van der Waals surface area contributed by atoms with Crippen LogP contribution in [0.4, 0.5) is 0 Å². The summed E-state index contributed by atoms with van der Waals surface area (Å²) in [7, 11) is 0. The van der Waals surface area contributed by atoms with Gasteiger partial charge in [0.05, 0.1) is 6.10 Å².